The van der Waals surface area contributed by atoms with E-state index in [1.165, 1.54) is 55.1 Å². The number of aryl methyl sites for hydroxylation is 2. The van der Waals surface area contributed by atoms with Crippen LogP contribution in [0.5, 0.6) is 0 Å². The number of hydrogen-bond donors (Lipinski definition) is 3. The predicted octanol–water partition coefficient (Wildman–Crippen LogP) is 3.32. The molecule has 56 heavy (non-hydrogen) atoms. The zero-order valence-corrected chi connectivity index (χ0v) is 34.9. The Hall–Kier alpha value is -4.23. The molecule has 0 atom stereocenters. The number of likely N-dealkylation sites (tertiary alicyclic amines) is 1. The minimum atomic E-state index is -0.494. The summed E-state index contributed by atoms with van der Waals surface area (Å²) in [7, 11) is 0. The number of amides is 3. The fourth-order valence-corrected chi connectivity index (χ4v) is 9.04. The van der Waals surface area contributed by atoms with Gasteiger partial charge in [-0.05, 0) is 65.8 Å². The van der Waals surface area contributed by atoms with E-state index in [-0.39, 0.29) is 6.09 Å². The van der Waals surface area contributed by atoms with Gasteiger partial charge in [-0.1, -0.05) is 6.92 Å². The van der Waals surface area contributed by atoms with Gasteiger partial charge >= 0.3 is 6.09 Å². The number of aromatic nitrogens is 4. The molecule has 0 aliphatic carbocycles. The first-order valence-corrected chi connectivity index (χ1v) is 21.2. The maximum atomic E-state index is 11.8. The fraction of sp³-hybridized carbons (Fsp3) is 0.605. The van der Waals surface area contributed by atoms with Crippen molar-refractivity contribution in [2.24, 2.45) is 11.5 Å². The average Bonchev–Trinajstić information content (AvgIpc) is 3.94. The highest BCUT2D eigenvalue weighted by molar-refractivity contribution is 7.21. The Morgan fingerprint density at radius 3 is 1.70 bits per heavy atom. The molecule has 0 radical (unpaired) electrons. The lowest BCUT2D eigenvalue weighted by atomic mass is 10.2. The van der Waals surface area contributed by atoms with Crippen LogP contribution in [0.4, 0.5) is 16.4 Å². The molecule has 3 amide bonds. The van der Waals surface area contributed by atoms with Crippen LogP contribution in [-0.2, 0) is 11.2 Å². The van der Waals surface area contributed by atoms with E-state index in [1.54, 1.807) is 12.1 Å². The van der Waals surface area contributed by atoms with E-state index in [4.69, 9.17) is 21.2 Å². The molecule has 4 aromatic rings. The van der Waals surface area contributed by atoms with E-state index >= 15 is 0 Å². The van der Waals surface area contributed by atoms with Gasteiger partial charge in [0.15, 0.2) is 0 Å². The van der Waals surface area contributed by atoms with Crippen molar-refractivity contribution in [3.8, 4) is 0 Å². The van der Waals surface area contributed by atoms with Crippen molar-refractivity contribution < 1.29 is 19.1 Å². The van der Waals surface area contributed by atoms with E-state index in [9.17, 15) is 14.4 Å². The molecule has 3 fully saturated rings. The van der Waals surface area contributed by atoms with Crippen LogP contribution in [0.25, 0.3) is 20.4 Å². The maximum Gasteiger partial charge on any atom is 0.407 e. The van der Waals surface area contributed by atoms with E-state index < -0.39 is 17.4 Å². The van der Waals surface area contributed by atoms with Crippen molar-refractivity contribution >= 4 is 72.7 Å². The molecule has 0 bridgehead atoms. The highest BCUT2D eigenvalue weighted by Crippen LogP contribution is 2.34. The summed E-state index contributed by atoms with van der Waals surface area (Å²) in [6, 6.07) is 3.54. The summed E-state index contributed by atoms with van der Waals surface area (Å²) in [5, 5.41) is 2.80. The van der Waals surface area contributed by atoms with Gasteiger partial charge in [-0.25, -0.2) is 24.7 Å². The fourth-order valence-electron chi connectivity index (χ4n) is 7.11. The molecule has 3 aliphatic heterocycles. The minimum Gasteiger partial charge on any atom is -0.444 e. The summed E-state index contributed by atoms with van der Waals surface area (Å²) in [5.41, 5.74) is 12.0. The normalized spacial score (nSPS) is 17.3. The number of piperazine rings is 2. The second kappa shape index (κ2) is 18.4. The molecule has 3 aliphatic rings. The molecule has 5 N–H and O–H groups in total. The van der Waals surface area contributed by atoms with Crippen molar-refractivity contribution in [3.63, 3.8) is 0 Å². The lowest BCUT2D eigenvalue weighted by Gasteiger charge is -2.36. The average molecular weight is 809 g/mol. The summed E-state index contributed by atoms with van der Waals surface area (Å²) in [4.78, 5) is 66.4. The van der Waals surface area contributed by atoms with Gasteiger partial charge < -0.3 is 36.2 Å². The van der Waals surface area contributed by atoms with Crippen molar-refractivity contribution in [3.05, 3.63) is 33.5 Å². The number of fused-ring (bicyclic) bond motifs is 2. The molecule has 18 heteroatoms. The van der Waals surface area contributed by atoms with Crippen LogP contribution in [0, 0.1) is 6.92 Å². The zero-order chi connectivity index (χ0) is 40.0. The van der Waals surface area contributed by atoms with Crippen LogP contribution in [-0.4, -0.2) is 150 Å². The highest BCUT2D eigenvalue weighted by Gasteiger charge is 2.25. The van der Waals surface area contributed by atoms with Crippen molar-refractivity contribution in [1.29, 1.82) is 0 Å². The monoisotopic (exact) mass is 808 g/mol. The minimum absolute atomic E-state index is 0.389. The zero-order valence-electron chi connectivity index (χ0n) is 33.3. The highest BCUT2D eigenvalue weighted by atomic mass is 32.1. The molecule has 3 saturated heterocycles. The molecule has 0 saturated carbocycles. The number of anilines is 2. The van der Waals surface area contributed by atoms with Gasteiger partial charge in [0.2, 0.25) is 0 Å². The Labute approximate surface area is 336 Å². The number of nitrogens with zero attached hydrogens (tertiary/aromatic N) is 9. The summed E-state index contributed by atoms with van der Waals surface area (Å²) >= 11 is 2.75. The number of thiophene rings is 2. The van der Waals surface area contributed by atoms with Crippen LogP contribution in [0.3, 0.4) is 0 Å². The smallest absolute Gasteiger partial charge is 0.407 e. The maximum absolute atomic E-state index is 11.8. The number of rotatable bonds is 11. The molecule has 16 nitrogen and oxygen atoms in total. The first-order valence-electron chi connectivity index (χ1n) is 19.6. The molecule has 7 heterocycles. The molecule has 7 rings (SSSR count). The third-order valence-corrected chi connectivity index (χ3v) is 12.3. The lowest BCUT2D eigenvalue weighted by Crippen LogP contribution is -2.49. The summed E-state index contributed by atoms with van der Waals surface area (Å²) in [6.07, 6.45) is 3.04. The van der Waals surface area contributed by atoms with E-state index in [0.717, 1.165) is 116 Å². The van der Waals surface area contributed by atoms with Crippen LogP contribution in [0.1, 0.15) is 71.5 Å². The number of carbonyl (C=O) groups is 3. The molecular formula is C38H56N12O4S2. The molecule has 4 aromatic heterocycles. The van der Waals surface area contributed by atoms with Gasteiger partial charge in [-0.3, -0.25) is 19.4 Å². The second-order valence-corrected chi connectivity index (χ2v) is 17.5. The Balaban J connectivity index is 0.000000191. The van der Waals surface area contributed by atoms with Crippen LogP contribution < -0.4 is 26.6 Å². The second-order valence-electron chi connectivity index (χ2n) is 15.4. The molecule has 0 aromatic carbocycles. The summed E-state index contributed by atoms with van der Waals surface area (Å²) in [5.74, 6) is 2.48. The molecular weight excluding hydrogens is 753 g/mol. The van der Waals surface area contributed by atoms with E-state index in [1.807, 2.05) is 34.6 Å². The first-order chi connectivity index (χ1) is 26.8. The third kappa shape index (κ3) is 10.8. The van der Waals surface area contributed by atoms with E-state index in [2.05, 4.69) is 44.8 Å². The Bertz CT molecular complexity index is 1990. The molecule has 0 unspecified atom stereocenters. The van der Waals surface area contributed by atoms with Crippen molar-refractivity contribution in [2.45, 2.75) is 59.5 Å². The van der Waals surface area contributed by atoms with Crippen LogP contribution in [0.15, 0.2) is 12.1 Å². The van der Waals surface area contributed by atoms with Crippen LogP contribution >= 0.6 is 22.7 Å². The number of hydrogen-bond acceptors (Lipinski definition) is 15. The van der Waals surface area contributed by atoms with Crippen LogP contribution in [0.2, 0.25) is 0 Å². The standard InChI is InChI=1S/C20H30N6O3S.C18H26N6OS/c1-5-15-23-13-12-14(17(21)27)30-16(13)18(24-15)26-10-8-25(9-11-26)7-6-22-19(28)29-20(2,3)4;1-13-20-14-12-15(17(19)25)26-16(14)18(21-13)24-10-8-23(9-11-24)7-6-22-4-2-3-5-22/h12H,5-11H2,1-4H3,(H2,21,27)(H,22,28);12H,2-11H2,1H3,(H2,19,25). The number of primary amides is 2. The Kier molecular flexibility index (Phi) is 13.6. The van der Waals surface area contributed by atoms with Crippen molar-refractivity contribution in [2.75, 3.05) is 101 Å². The molecule has 304 valence electrons. The lowest BCUT2D eigenvalue weighted by molar-refractivity contribution is 0.0521. The Morgan fingerprint density at radius 1 is 0.714 bits per heavy atom. The number of carbonyl (C=O) groups excluding carboxylic acids is 3. The quantitative estimate of drug-likeness (QED) is 0.200. The summed E-state index contributed by atoms with van der Waals surface area (Å²) < 4.78 is 7.13. The predicted molar refractivity (Wildman–Crippen MR) is 223 cm³/mol. The van der Waals surface area contributed by atoms with Gasteiger partial charge in [-0.15, -0.1) is 22.7 Å². The number of nitrogens with two attached hydrogens (primary N) is 2. The van der Waals surface area contributed by atoms with Gasteiger partial charge in [-0.2, -0.15) is 0 Å². The SMILES string of the molecule is CCc1nc(N2CCN(CCNC(=O)OC(C)(C)C)CC2)c2sc(C(N)=O)cc2n1.Cc1nc(N2CCN(CCN3CCCC3)CC2)c2sc(C(N)=O)cc2n1. The summed E-state index contributed by atoms with van der Waals surface area (Å²) in [6.45, 7) is 23.0. The van der Waals surface area contributed by atoms with Crippen molar-refractivity contribution in [1.82, 2.24) is 40.0 Å². The topological polar surface area (TPSA) is 192 Å². The van der Waals surface area contributed by atoms with Gasteiger partial charge in [0.05, 0.1) is 30.2 Å². The third-order valence-electron chi connectivity index (χ3n) is 10.0. The van der Waals surface area contributed by atoms with Gasteiger partial charge in [0, 0.05) is 85.0 Å². The number of nitrogens with one attached hydrogen (secondary N) is 1. The van der Waals surface area contributed by atoms with Gasteiger partial charge in [0.25, 0.3) is 11.8 Å². The van der Waals surface area contributed by atoms with Gasteiger partial charge in [0.1, 0.15) is 28.9 Å². The Morgan fingerprint density at radius 2 is 1.20 bits per heavy atom. The first kappa shape index (κ1) is 41.4. The number of ether oxygens (including phenoxy) is 1. The number of alkyl carbamates (subject to hydrolysis) is 1. The largest absolute Gasteiger partial charge is 0.444 e. The molecule has 0 spiro atoms. The van der Waals surface area contributed by atoms with E-state index in [0.29, 0.717) is 16.3 Å².